The van der Waals surface area contributed by atoms with Gasteiger partial charge in [0.1, 0.15) is 5.82 Å². The second kappa shape index (κ2) is 4.59. The van der Waals surface area contributed by atoms with Gasteiger partial charge in [0.2, 0.25) is 5.91 Å². The van der Waals surface area contributed by atoms with Gasteiger partial charge in [-0.3, -0.25) is 4.79 Å². The van der Waals surface area contributed by atoms with E-state index in [1.54, 1.807) is 0 Å². The molecule has 1 aromatic heterocycles. The number of hydrogen-bond donors (Lipinski definition) is 0. The summed E-state index contributed by atoms with van der Waals surface area (Å²) in [6.07, 6.45) is 2.90. The average molecular weight is 245 g/mol. The van der Waals surface area contributed by atoms with Gasteiger partial charge in [-0.05, 0) is 24.5 Å². The predicted molar refractivity (Wildman–Crippen MR) is 70.3 cm³/mol. The van der Waals surface area contributed by atoms with Crippen LogP contribution in [0.4, 0.5) is 5.82 Å². The van der Waals surface area contributed by atoms with E-state index in [0.29, 0.717) is 17.7 Å². The molecule has 1 aliphatic carbocycles. The number of rotatable bonds is 2. The zero-order valence-electron chi connectivity index (χ0n) is 10.7. The summed E-state index contributed by atoms with van der Waals surface area (Å²) in [6.45, 7) is 5.61. The Morgan fingerprint density at radius 3 is 2.56 bits per heavy atom. The van der Waals surface area contributed by atoms with Crippen molar-refractivity contribution in [2.24, 2.45) is 11.8 Å². The van der Waals surface area contributed by atoms with Crippen LogP contribution in [-0.2, 0) is 4.79 Å². The van der Waals surface area contributed by atoms with Gasteiger partial charge in [-0.25, -0.2) is 4.98 Å². The van der Waals surface area contributed by atoms with Crippen LogP contribution in [0.3, 0.4) is 0 Å². The second-order valence-electron chi connectivity index (χ2n) is 5.32. The van der Waals surface area contributed by atoms with Gasteiger partial charge >= 0.3 is 0 Å². The summed E-state index contributed by atoms with van der Waals surface area (Å²) in [5.74, 6) is 2.30. The summed E-state index contributed by atoms with van der Waals surface area (Å²) in [5.41, 5.74) is 0. The smallest absolute Gasteiger partial charge is 0.226 e. The first-order chi connectivity index (χ1) is 8.75. The largest absolute Gasteiger partial charge is 0.353 e. The summed E-state index contributed by atoms with van der Waals surface area (Å²) >= 11 is 0. The van der Waals surface area contributed by atoms with Gasteiger partial charge in [-0.1, -0.05) is 13.0 Å². The SMILES string of the molecule is C[C@@H]1C[C@@H]1C(=O)N1CCN(c2ccccn2)CC1. The highest BCUT2D eigenvalue weighted by atomic mass is 16.2. The molecule has 1 amide bonds. The van der Waals surface area contributed by atoms with Gasteiger partial charge in [0.05, 0.1) is 0 Å². The van der Waals surface area contributed by atoms with Crippen molar-refractivity contribution >= 4 is 11.7 Å². The summed E-state index contributed by atoms with van der Waals surface area (Å²) in [4.78, 5) is 20.7. The fraction of sp³-hybridized carbons (Fsp3) is 0.571. The van der Waals surface area contributed by atoms with E-state index >= 15 is 0 Å². The maximum Gasteiger partial charge on any atom is 0.226 e. The van der Waals surface area contributed by atoms with Gasteiger partial charge in [-0.15, -0.1) is 0 Å². The molecule has 1 saturated heterocycles. The van der Waals surface area contributed by atoms with Crippen LogP contribution in [0.25, 0.3) is 0 Å². The quantitative estimate of drug-likeness (QED) is 0.790. The summed E-state index contributed by atoms with van der Waals surface area (Å²) in [7, 11) is 0. The maximum absolute atomic E-state index is 12.1. The highest BCUT2D eigenvalue weighted by Crippen LogP contribution is 2.39. The minimum atomic E-state index is 0.311. The standard InChI is InChI=1S/C14H19N3O/c1-11-10-12(11)14(18)17-8-6-16(7-9-17)13-4-2-3-5-15-13/h2-5,11-12H,6-10H2,1H3/t11-,12+/m1/s1. The van der Waals surface area contributed by atoms with Crippen LogP contribution in [0.2, 0.25) is 0 Å². The number of amides is 1. The van der Waals surface area contributed by atoms with Gasteiger partial charge in [-0.2, -0.15) is 0 Å². The Kier molecular flexibility index (Phi) is 2.94. The third-order valence-corrected chi connectivity index (χ3v) is 3.99. The molecule has 2 heterocycles. The van der Waals surface area contributed by atoms with Gasteiger partial charge in [0, 0.05) is 38.3 Å². The first-order valence-electron chi connectivity index (χ1n) is 6.70. The molecule has 1 aromatic rings. The maximum atomic E-state index is 12.1. The number of nitrogens with zero attached hydrogens (tertiary/aromatic N) is 3. The van der Waals surface area contributed by atoms with Crippen LogP contribution in [0, 0.1) is 11.8 Å². The fourth-order valence-electron chi connectivity index (χ4n) is 2.60. The first-order valence-corrected chi connectivity index (χ1v) is 6.70. The van der Waals surface area contributed by atoms with Crippen molar-refractivity contribution in [2.45, 2.75) is 13.3 Å². The normalized spacial score (nSPS) is 27.2. The van der Waals surface area contributed by atoms with E-state index in [4.69, 9.17) is 0 Å². The van der Waals surface area contributed by atoms with Crippen LogP contribution in [0.15, 0.2) is 24.4 Å². The number of aromatic nitrogens is 1. The number of carbonyl (C=O) groups is 1. The molecule has 3 rings (SSSR count). The zero-order chi connectivity index (χ0) is 12.5. The second-order valence-corrected chi connectivity index (χ2v) is 5.32. The Morgan fingerprint density at radius 2 is 2.00 bits per heavy atom. The van der Waals surface area contributed by atoms with Crippen molar-refractivity contribution in [1.29, 1.82) is 0 Å². The molecule has 1 aliphatic heterocycles. The molecule has 4 nitrogen and oxygen atoms in total. The summed E-state index contributed by atoms with van der Waals surface area (Å²) in [6, 6.07) is 5.96. The van der Waals surface area contributed by atoms with Crippen molar-refractivity contribution < 1.29 is 4.79 Å². The minimum absolute atomic E-state index is 0.311. The number of piperazine rings is 1. The van der Waals surface area contributed by atoms with E-state index in [2.05, 4.69) is 16.8 Å². The Balaban J connectivity index is 1.57. The van der Waals surface area contributed by atoms with Crippen molar-refractivity contribution in [1.82, 2.24) is 9.88 Å². The molecule has 18 heavy (non-hydrogen) atoms. The minimum Gasteiger partial charge on any atom is -0.353 e. The molecule has 2 aliphatic rings. The number of anilines is 1. The molecule has 2 fully saturated rings. The molecule has 96 valence electrons. The molecule has 4 heteroatoms. The fourth-order valence-corrected chi connectivity index (χ4v) is 2.60. The lowest BCUT2D eigenvalue weighted by atomic mass is 10.2. The molecule has 0 N–H and O–H groups in total. The Morgan fingerprint density at radius 1 is 1.28 bits per heavy atom. The Bertz CT molecular complexity index is 426. The summed E-state index contributed by atoms with van der Waals surface area (Å²) in [5, 5.41) is 0. The van der Waals surface area contributed by atoms with Gasteiger partial charge in [0.25, 0.3) is 0 Å². The van der Waals surface area contributed by atoms with E-state index in [0.717, 1.165) is 38.4 Å². The Hall–Kier alpha value is -1.58. The van der Waals surface area contributed by atoms with Crippen LogP contribution in [0.5, 0.6) is 0 Å². The van der Waals surface area contributed by atoms with Gasteiger partial charge in [0.15, 0.2) is 0 Å². The average Bonchev–Trinajstić information content (AvgIpc) is 3.16. The first kappa shape index (κ1) is 11.5. The van der Waals surface area contributed by atoms with Crippen molar-refractivity contribution in [3.8, 4) is 0 Å². The number of carbonyl (C=O) groups excluding carboxylic acids is 1. The van der Waals surface area contributed by atoms with Crippen LogP contribution in [-0.4, -0.2) is 42.0 Å². The van der Waals surface area contributed by atoms with E-state index in [-0.39, 0.29) is 0 Å². The van der Waals surface area contributed by atoms with E-state index in [1.165, 1.54) is 0 Å². The molecule has 0 radical (unpaired) electrons. The molecule has 0 aromatic carbocycles. The molecule has 2 atom stereocenters. The molecular weight excluding hydrogens is 226 g/mol. The molecule has 0 bridgehead atoms. The number of pyridine rings is 1. The monoisotopic (exact) mass is 245 g/mol. The van der Waals surface area contributed by atoms with E-state index < -0.39 is 0 Å². The predicted octanol–water partition coefficient (Wildman–Crippen LogP) is 1.39. The molecular formula is C14H19N3O. The zero-order valence-corrected chi connectivity index (χ0v) is 10.7. The lowest BCUT2D eigenvalue weighted by molar-refractivity contribution is -0.133. The van der Waals surface area contributed by atoms with E-state index in [9.17, 15) is 4.79 Å². The third-order valence-electron chi connectivity index (χ3n) is 3.99. The van der Waals surface area contributed by atoms with Crippen molar-refractivity contribution in [3.05, 3.63) is 24.4 Å². The lowest BCUT2D eigenvalue weighted by Gasteiger charge is -2.35. The molecule has 0 unspecified atom stereocenters. The Labute approximate surface area is 108 Å². The van der Waals surface area contributed by atoms with Crippen molar-refractivity contribution in [2.75, 3.05) is 31.1 Å². The number of hydrogen-bond acceptors (Lipinski definition) is 3. The van der Waals surface area contributed by atoms with Crippen molar-refractivity contribution in [3.63, 3.8) is 0 Å². The highest BCUT2D eigenvalue weighted by molar-refractivity contribution is 5.81. The molecule has 1 saturated carbocycles. The topological polar surface area (TPSA) is 36.4 Å². The van der Waals surface area contributed by atoms with E-state index in [1.807, 2.05) is 29.3 Å². The van der Waals surface area contributed by atoms with Crippen LogP contribution in [0.1, 0.15) is 13.3 Å². The van der Waals surface area contributed by atoms with Crippen LogP contribution < -0.4 is 4.90 Å². The highest BCUT2D eigenvalue weighted by Gasteiger charge is 2.41. The van der Waals surface area contributed by atoms with Gasteiger partial charge < -0.3 is 9.80 Å². The van der Waals surface area contributed by atoms with Crippen LogP contribution >= 0.6 is 0 Å². The summed E-state index contributed by atoms with van der Waals surface area (Å²) < 4.78 is 0. The molecule has 0 spiro atoms. The third kappa shape index (κ3) is 2.19. The lowest BCUT2D eigenvalue weighted by Crippen LogP contribution is -2.49.